The standard InChI is InChI=1S/C15H12Cl2FN3/c1-8(9-3-2-4-10(16)5-9)21-14-7-12(18)11(17)6-13(14)20-15(21)19/h2-8H,1H3,(H2,19,20). The fourth-order valence-electron chi connectivity index (χ4n) is 2.43. The number of nitrogens with two attached hydrogens (primary N) is 1. The Labute approximate surface area is 131 Å². The van der Waals surface area contributed by atoms with Crippen LogP contribution in [-0.4, -0.2) is 9.55 Å². The van der Waals surface area contributed by atoms with Crippen LogP contribution in [0.3, 0.4) is 0 Å². The van der Waals surface area contributed by atoms with Gasteiger partial charge in [0, 0.05) is 11.1 Å². The summed E-state index contributed by atoms with van der Waals surface area (Å²) in [6.45, 7) is 1.95. The van der Waals surface area contributed by atoms with Crippen LogP contribution in [0.25, 0.3) is 11.0 Å². The van der Waals surface area contributed by atoms with Crippen molar-refractivity contribution in [1.29, 1.82) is 0 Å². The van der Waals surface area contributed by atoms with Crippen molar-refractivity contribution >= 4 is 40.2 Å². The molecule has 1 heterocycles. The predicted octanol–water partition coefficient (Wildman–Crippen LogP) is 4.67. The van der Waals surface area contributed by atoms with Gasteiger partial charge in [-0.1, -0.05) is 35.3 Å². The van der Waals surface area contributed by atoms with Crippen molar-refractivity contribution in [3.05, 3.63) is 57.8 Å². The molecule has 0 amide bonds. The molecule has 2 aromatic carbocycles. The quantitative estimate of drug-likeness (QED) is 0.744. The van der Waals surface area contributed by atoms with E-state index in [-0.39, 0.29) is 11.1 Å². The number of benzene rings is 2. The molecule has 0 saturated carbocycles. The van der Waals surface area contributed by atoms with Crippen molar-refractivity contribution in [2.45, 2.75) is 13.0 Å². The van der Waals surface area contributed by atoms with Gasteiger partial charge < -0.3 is 10.3 Å². The molecule has 0 aliphatic heterocycles. The van der Waals surface area contributed by atoms with E-state index in [2.05, 4.69) is 4.98 Å². The van der Waals surface area contributed by atoms with E-state index in [1.54, 1.807) is 10.6 Å². The molecule has 1 unspecified atom stereocenters. The Balaban J connectivity index is 2.19. The van der Waals surface area contributed by atoms with E-state index in [0.717, 1.165) is 5.56 Å². The van der Waals surface area contributed by atoms with Crippen LogP contribution in [0.5, 0.6) is 0 Å². The molecule has 3 rings (SSSR count). The summed E-state index contributed by atoms with van der Waals surface area (Å²) in [4.78, 5) is 4.24. The van der Waals surface area contributed by atoms with Crippen LogP contribution >= 0.6 is 23.2 Å². The molecule has 3 nitrogen and oxygen atoms in total. The molecular formula is C15H12Cl2FN3. The Morgan fingerprint density at radius 3 is 2.71 bits per heavy atom. The summed E-state index contributed by atoms with van der Waals surface area (Å²) >= 11 is 11.8. The van der Waals surface area contributed by atoms with E-state index in [9.17, 15) is 4.39 Å². The third kappa shape index (κ3) is 2.45. The lowest BCUT2D eigenvalue weighted by Gasteiger charge is -2.17. The van der Waals surface area contributed by atoms with Crippen molar-refractivity contribution < 1.29 is 4.39 Å². The van der Waals surface area contributed by atoms with Crippen LogP contribution in [0, 0.1) is 5.82 Å². The van der Waals surface area contributed by atoms with E-state index in [0.29, 0.717) is 22.0 Å². The maximum absolute atomic E-state index is 13.7. The summed E-state index contributed by atoms with van der Waals surface area (Å²) in [6.07, 6.45) is 0. The maximum atomic E-state index is 13.7. The average molecular weight is 324 g/mol. The largest absolute Gasteiger partial charge is 0.369 e. The van der Waals surface area contributed by atoms with Crippen molar-refractivity contribution in [3.8, 4) is 0 Å². The van der Waals surface area contributed by atoms with Gasteiger partial charge in [0.2, 0.25) is 5.95 Å². The van der Waals surface area contributed by atoms with Gasteiger partial charge in [0.15, 0.2) is 0 Å². The van der Waals surface area contributed by atoms with Crippen LogP contribution in [0.4, 0.5) is 10.3 Å². The minimum atomic E-state index is -0.497. The second-order valence-corrected chi connectivity index (χ2v) is 5.67. The highest BCUT2D eigenvalue weighted by molar-refractivity contribution is 6.31. The second kappa shape index (κ2) is 5.20. The zero-order valence-electron chi connectivity index (χ0n) is 11.1. The highest BCUT2D eigenvalue weighted by Gasteiger charge is 2.17. The molecule has 21 heavy (non-hydrogen) atoms. The molecule has 0 radical (unpaired) electrons. The summed E-state index contributed by atoms with van der Waals surface area (Å²) < 4.78 is 15.5. The monoisotopic (exact) mass is 323 g/mol. The molecular weight excluding hydrogens is 312 g/mol. The molecule has 0 saturated heterocycles. The number of hydrogen-bond donors (Lipinski definition) is 1. The first-order chi connectivity index (χ1) is 9.97. The fraction of sp³-hybridized carbons (Fsp3) is 0.133. The molecule has 108 valence electrons. The Kier molecular flexibility index (Phi) is 3.51. The molecule has 1 atom stereocenters. The minimum Gasteiger partial charge on any atom is -0.369 e. The summed E-state index contributed by atoms with van der Waals surface area (Å²) in [5.74, 6) is -0.192. The number of halogens is 3. The van der Waals surface area contributed by atoms with E-state index >= 15 is 0 Å². The van der Waals surface area contributed by atoms with Gasteiger partial charge in [-0.25, -0.2) is 9.37 Å². The van der Waals surface area contributed by atoms with Gasteiger partial charge in [0.1, 0.15) is 5.82 Å². The third-order valence-electron chi connectivity index (χ3n) is 3.48. The van der Waals surface area contributed by atoms with Crippen molar-refractivity contribution in [3.63, 3.8) is 0 Å². The topological polar surface area (TPSA) is 43.8 Å². The zero-order valence-corrected chi connectivity index (χ0v) is 12.7. The van der Waals surface area contributed by atoms with Gasteiger partial charge in [0.05, 0.1) is 22.1 Å². The molecule has 0 aliphatic rings. The summed E-state index contributed by atoms with van der Waals surface area (Å²) in [7, 11) is 0. The lowest BCUT2D eigenvalue weighted by molar-refractivity contribution is 0.625. The number of anilines is 1. The smallest absolute Gasteiger partial charge is 0.201 e. The van der Waals surface area contributed by atoms with Gasteiger partial charge >= 0.3 is 0 Å². The Hall–Kier alpha value is -1.78. The number of fused-ring (bicyclic) bond motifs is 1. The van der Waals surface area contributed by atoms with Gasteiger partial charge in [0.25, 0.3) is 0 Å². The molecule has 0 spiro atoms. The van der Waals surface area contributed by atoms with Crippen molar-refractivity contribution in [2.24, 2.45) is 0 Å². The number of aromatic nitrogens is 2. The van der Waals surface area contributed by atoms with E-state index in [1.807, 2.05) is 25.1 Å². The van der Waals surface area contributed by atoms with E-state index in [4.69, 9.17) is 28.9 Å². The summed E-state index contributed by atoms with van der Waals surface area (Å²) in [5, 5.41) is 0.666. The van der Waals surface area contributed by atoms with Crippen molar-refractivity contribution in [2.75, 3.05) is 5.73 Å². The van der Waals surface area contributed by atoms with Gasteiger partial charge in [-0.05, 0) is 30.7 Å². The first-order valence-corrected chi connectivity index (χ1v) is 7.11. The van der Waals surface area contributed by atoms with E-state index in [1.165, 1.54) is 12.1 Å². The van der Waals surface area contributed by atoms with Gasteiger partial charge in [-0.3, -0.25) is 0 Å². The predicted molar refractivity (Wildman–Crippen MR) is 84.4 cm³/mol. The number of rotatable bonds is 2. The van der Waals surface area contributed by atoms with Crippen LogP contribution in [0.15, 0.2) is 36.4 Å². The lowest BCUT2D eigenvalue weighted by Crippen LogP contribution is -2.10. The second-order valence-electron chi connectivity index (χ2n) is 4.83. The molecule has 0 fully saturated rings. The SMILES string of the molecule is CC(c1cccc(Cl)c1)n1c(N)nc2cc(Cl)c(F)cc21. The Bertz CT molecular complexity index is 829. The average Bonchev–Trinajstić information content (AvgIpc) is 2.74. The van der Waals surface area contributed by atoms with Crippen LogP contribution in [-0.2, 0) is 0 Å². The number of nitrogens with zero attached hydrogens (tertiary/aromatic N) is 2. The molecule has 3 aromatic rings. The Morgan fingerprint density at radius 2 is 2.00 bits per heavy atom. The van der Waals surface area contributed by atoms with Crippen LogP contribution in [0.2, 0.25) is 10.0 Å². The molecule has 0 bridgehead atoms. The maximum Gasteiger partial charge on any atom is 0.201 e. The first-order valence-electron chi connectivity index (χ1n) is 6.35. The molecule has 1 aromatic heterocycles. The fourth-order valence-corrected chi connectivity index (χ4v) is 2.79. The molecule has 0 aliphatic carbocycles. The lowest BCUT2D eigenvalue weighted by atomic mass is 10.1. The summed E-state index contributed by atoms with van der Waals surface area (Å²) in [5.41, 5.74) is 8.11. The molecule has 6 heteroatoms. The number of imidazole rings is 1. The Morgan fingerprint density at radius 1 is 1.24 bits per heavy atom. The van der Waals surface area contributed by atoms with Gasteiger partial charge in [-0.15, -0.1) is 0 Å². The van der Waals surface area contributed by atoms with Gasteiger partial charge in [-0.2, -0.15) is 0 Å². The number of nitrogen functional groups attached to an aromatic ring is 1. The summed E-state index contributed by atoms with van der Waals surface area (Å²) in [6, 6.07) is 10.1. The third-order valence-corrected chi connectivity index (χ3v) is 4.00. The number of hydrogen-bond acceptors (Lipinski definition) is 2. The highest BCUT2D eigenvalue weighted by atomic mass is 35.5. The van der Waals surface area contributed by atoms with Crippen LogP contribution in [0.1, 0.15) is 18.5 Å². The minimum absolute atomic E-state index is 0.0301. The zero-order chi connectivity index (χ0) is 15.1. The van der Waals surface area contributed by atoms with E-state index < -0.39 is 5.82 Å². The highest BCUT2D eigenvalue weighted by Crippen LogP contribution is 2.30. The molecule has 2 N–H and O–H groups in total. The van der Waals surface area contributed by atoms with Crippen molar-refractivity contribution in [1.82, 2.24) is 9.55 Å². The van der Waals surface area contributed by atoms with Crippen LogP contribution < -0.4 is 5.73 Å². The normalized spacial score (nSPS) is 12.8. The first kappa shape index (κ1) is 14.2.